The van der Waals surface area contributed by atoms with E-state index in [-0.39, 0.29) is 13.0 Å². The number of aryl methyl sites for hydroxylation is 2. The van der Waals surface area contributed by atoms with E-state index in [2.05, 4.69) is 12.1 Å². The van der Waals surface area contributed by atoms with E-state index in [4.69, 9.17) is 9.84 Å². The third kappa shape index (κ3) is 2.75. The maximum Gasteiger partial charge on any atom is 0.306 e. The number of fused-ring (bicyclic) bond motifs is 1. The van der Waals surface area contributed by atoms with Crippen molar-refractivity contribution < 1.29 is 14.6 Å². The molecule has 1 aromatic carbocycles. The molecule has 0 atom stereocenters. The Kier molecular flexibility index (Phi) is 3.44. The fourth-order valence-corrected chi connectivity index (χ4v) is 2.06. The van der Waals surface area contributed by atoms with Gasteiger partial charge in [-0.2, -0.15) is 0 Å². The van der Waals surface area contributed by atoms with Gasteiger partial charge in [-0.15, -0.1) is 0 Å². The molecule has 0 heterocycles. The van der Waals surface area contributed by atoms with Gasteiger partial charge in [-0.1, -0.05) is 6.07 Å². The summed E-state index contributed by atoms with van der Waals surface area (Å²) in [6.45, 7) is 0.244. The molecule has 0 spiro atoms. The molecule has 0 fully saturated rings. The quantitative estimate of drug-likeness (QED) is 0.847. The van der Waals surface area contributed by atoms with Crippen molar-refractivity contribution in [3.8, 4) is 5.75 Å². The highest BCUT2D eigenvalue weighted by Gasteiger charge is 2.09. The minimum atomic E-state index is -0.821. The summed E-state index contributed by atoms with van der Waals surface area (Å²) in [7, 11) is 0. The van der Waals surface area contributed by atoms with Crippen molar-refractivity contribution in [3.05, 3.63) is 29.3 Å². The van der Waals surface area contributed by atoms with Gasteiger partial charge in [0, 0.05) is 0 Å². The summed E-state index contributed by atoms with van der Waals surface area (Å²) in [6, 6.07) is 6.09. The highest BCUT2D eigenvalue weighted by atomic mass is 16.5. The first-order valence-electron chi connectivity index (χ1n) is 5.72. The molecule has 0 radical (unpaired) electrons. The number of carboxylic acids is 1. The van der Waals surface area contributed by atoms with E-state index in [0.717, 1.165) is 18.6 Å². The average Bonchev–Trinajstić information content (AvgIpc) is 2.28. The van der Waals surface area contributed by atoms with E-state index in [9.17, 15) is 4.79 Å². The molecule has 0 saturated heterocycles. The number of hydrogen-bond acceptors (Lipinski definition) is 2. The lowest BCUT2D eigenvalue weighted by Crippen LogP contribution is -2.06. The van der Waals surface area contributed by atoms with Gasteiger partial charge in [0.1, 0.15) is 5.75 Å². The number of aliphatic carboxylic acids is 1. The maximum atomic E-state index is 10.3. The average molecular weight is 220 g/mol. The summed E-state index contributed by atoms with van der Waals surface area (Å²) in [4.78, 5) is 10.3. The van der Waals surface area contributed by atoms with Crippen LogP contribution in [-0.4, -0.2) is 17.7 Å². The molecule has 0 bridgehead atoms. The minimum Gasteiger partial charge on any atom is -0.493 e. The van der Waals surface area contributed by atoms with E-state index in [0.29, 0.717) is 0 Å². The van der Waals surface area contributed by atoms with Gasteiger partial charge in [-0.05, 0) is 48.9 Å². The van der Waals surface area contributed by atoms with Gasteiger partial charge in [-0.25, -0.2) is 0 Å². The molecule has 1 aromatic rings. The first-order chi connectivity index (χ1) is 7.75. The molecule has 1 aliphatic rings. The third-order valence-corrected chi connectivity index (χ3v) is 2.90. The van der Waals surface area contributed by atoms with Crippen LogP contribution in [0.3, 0.4) is 0 Å². The Morgan fingerprint density at radius 1 is 1.25 bits per heavy atom. The number of ether oxygens (including phenoxy) is 1. The number of benzene rings is 1. The zero-order valence-electron chi connectivity index (χ0n) is 9.24. The lowest BCUT2D eigenvalue weighted by molar-refractivity contribution is -0.137. The second-order valence-corrected chi connectivity index (χ2v) is 4.13. The van der Waals surface area contributed by atoms with Gasteiger partial charge in [-0.3, -0.25) is 4.79 Å². The summed E-state index contributed by atoms with van der Waals surface area (Å²) in [5, 5.41) is 8.50. The van der Waals surface area contributed by atoms with Crippen molar-refractivity contribution in [2.24, 2.45) is 0 Å². The second-order valence-electron chi connectivity index (χ2n) is 4.13. The van der Waals surface area contributed by atoms with Crippen LogP contribution in [0.5, 0.6) is 5.75 Å². The summed E-state index contributed by atoms with van der Waals surface area (Å²) in [6.07, 6.45) is 4.84. The lowest BCUT2D eigenvalue weighted by Gasteiger charge is -2.16. The van der Waals surface area contributed by atoms with Crippen molar-refractivity contribution in [1.29, 1.82) is 0 Å². The summed E-state index contributed by atoms with van der Waals surface area (Å²) < 4.78 is 5.40. The van der Waals surface area contributed by atoms with Gasteiger partial charge in [0.15, 0.2) is 0 Å². The molecule has 0 amide bonds. The van der Waals surface area contributed by atoms with Gasteiger partial charge >= 0.3 is 5.97 Å². The molecule has 3 heteroatoms. The largest absolute Gasteiger partial charge is 0.493 e. The fourth-order valence-electron chi connectivity index (χ4n) is 2.06. The zero-order chi connectivity index (χ0) is 11.4. The van der Waals surface area contributed by atoms with Crippen LogP contribution in [0.2, 0.25) is 0 Å². The minimum absolute atomic E-state index is 0.0527. The van der Waals surface area contributed by atoms with Gasteiger partial charge in [0.05, 0.1) is 13.0 Å². The molecule has 16 heavy (non-hydrogen) atoms. The summed E-state index contributed by atoms with van der Waals surface area (Å²) >= 11 is 0. The van der Waals surface area contributed by atoms with E-state index in [1.807, 2.05) is 6.07 Å². The lowest BCUT2D eigenvalue weighted by atomic mass is 9.92. The Bertz CT molecular complexity index is 385. The highest BCUT2D eigenvalue weighted by Crippen LogP contribution is 2.25. The van der Waals surface area contributed by atoms with Crippen LogP contribution >= 0.6 is 0 Å². The van der Waals surface area contributed by atoms with Crippen LogP contribution in [0.15, 0.2) is 18.2 Å². The Morgan fingerprint density at radius 2 is 2.00 bits per heavy atom. The molecular formula is C13H16O3. The van der Waals surface area contributed by atoms with Crippen molar-refractivity contribution in [2.75, 3.05) is 6.61 Å². The van der Waals surface area contributed by atoms with Crippen molar-refractivity contribution >= 4 is 5.97 Å². The number of hydrogen-bond donors (Lipinski definition) is 1. The number of carbonyl (C=O) groups is 1. The van der Waals surface area contributed by atoms with Crippen molar-refractivity contribution in [3.63, 3.8) is 0 Å². The van der Waals surface area contributed by atoms with Gasteiger partial charge in [0.2, 0.25) is 0 Å². The first-order valence-corrected chi connectivity index (χ1v) is 5.72. The molecule has 0 saturated carbocycles. The van der Waals surface area contributed by atoms with Crippen LogP contribution in [0.1, 0.15) is 30.4 Å². The van der Waals surface area contributed by atoms with E-state index in [1.165, 1.54) is 24.0 Å². The van der Waals surface area contributed by atoms with E-state index < -0.39 is 5.97 Å². The number of rotatable bonds is 4. The molecule has 0 unspecified atom stereocenters. The Morgan fingerprint density at radius 3 is 2.75 bits per heavy atom. The molecule has 0 aromatic heterocycles. The molecule has 1 aliphatic carbocycles. The van der Waals surface area contributed by atoms with Crippen LogP contribution in [0.4, 0.5) is 0 Å². The van der Waals surface area contributed by atoms with Crippen molar-refractivity contribution in [1.82, 2.24) is 0 Å². The summed E-state index contributed by atoms with van der Waals surface area (Å²) in [5.74, 6) is -0.0279. The Hall–Kier alpha value is -1.51. The standard InChI is InChI=1S/C13H16O3/c14-13(15)7-8-16-12-6-5-10-3-1-2-4-11(10)9-12/h5-6,9H,1-4,7-8H2,(H,14,15). The van der Waals surface area contributed by atoms with Gasteiger partial charge < -0.3 is 9.84 Å². The number of carboxylic acid groups (broad SMARTS) is 1. The molecule has 1 N–H and O–H groups in total. The molecule has 0 aliphatic heterocycles. The first kappa shape index (κ1) is 11.0. The SMILES string of the molecule is O=C(O)CCOc1ccc2c(c1)CCCC2. The molecule has 3 nitrogen and oxygen atoms in total. The third-order valence-electron chi connectivity index (χ3n) is 2.90. The summed E-state index contributed by atoms with van der Waals surface area (Å²) in [5.41, 5.74) is 2.77. The van der Waals surface area contributed by atoms with Crippen LogP contribution in [0.25, 0.3) is 0 Å². The van der Waals surface area contributed by atoms with Crippen molar-refractivity contribution in [2.45, 2.75) is 32.1 Å². The Balaban J connectivity index is 1.97. The maximum absolute atomic E-state index is 10.3. The molecule has 2 rings (SSSR count). The molecular weight excluding hydrogens is 204 g/mol. The fraction of sp³-hybridized carbons (Fsp3) is 0.462. The van der Waals surface area contributed by atoms with Crippen LogP contribution < -0.4 is 4.74 Å². The van der Waals surface area contributed by atoms with Crippen LogP contribution in [-0.2, 0) is 17.6 Å². The second kappa shape index (κ2) is 5.01. The predicted octanol–water partition coefficient (Wildman–Crippen LogP) is 2.42. The highest BCUT2D eigenvalue weighted by molar-refractivity contribution is 5.66. The van der Waals surface area contributed by atoms with E-state index in [1.54, 1.807) is 0 Å². The zero-order valence-corrected chi connectivity index (χ0v) is 9.24. The molecule has 86 valence electrons. The Labute approximate surface area is 95.0 Å². The topological polar surface area (TPSA) is 46.5 Å². The smallest absolute Gasteiger partial charge is 0.306 e. The predicted molar refractivity (Wildman–Crippen MR) is 60.8 cm³/mol. The normalized spacial score (nSPS) is 14.2. The van der Waals surface area contributed by atoms with Crippen LogP contribution in [0, 0.1) is 0 Å². The van der Waals surface area contributed by atoms with Gasteiger partial charge in [0.25, 0.3) is 0 Å². The monoisotopic (exact) mass is 220 g/mol. The van der Waals surface area contributed by atoms with E-state index >= 15 is 0 Å².